The molecular formula is C22H26BrN3O3S. The Labute approximate surface area is 189 Å². The van der Waals surface area contributed by atoms with E-state index in [-0.39, 0.29) is 18.2 Å². The minimum Gasteiger partial charge on any atom is -0.366 e. The highest BCUT2D eigenvalue weighted by molar-refractivity contribution is 9.10. The van der Waals surface area contributed by atoms with Gasteiger partial charge in [0.15, 0.2) is 0 Å². The Morgan fingerprint density at radius 1 is 1.10 bits per heavy atom. The van der Waals surface area contributed by atoms with Crippen LogP contribution < -0.4 is 11.1 Å². The summed E-state index contributed by atoms with van der Waals surface area (Å²) in [7, 11) is 0. The van der Waals surface area contributed by atoms with Gasteiger partial charge in [0.05, 0.1) is 5.75 Å². The number of primary amides is 1. The molecular weight excluding hydrogens is 466 g/mol. The molecule has 0 aliphatic heterocycles. The summed E-state index contributed by atoms with van der Waals surface area (Å²) < 4.78 is 1.06. The highest BCUT2D eigenvalue weighted by Gasteiger charge is 2.15. The molecule has 30 heavy (non-hydrogen) atoms. The second-order valence-electron chi connectivity index (χ2n) is 6.87. The maximum atomic E-state index is 12.6. The number of nitrogens with two attached hydrogens (primary N) is 1. The number of amides is 3. The second kappa shape index (κ2) is 11.2. The molecule has 0 radical (unpaired) electrons. The monoisotopic (exact) mass is 491 g/mol. The first-order valence-corrected chi connectivity index (χ1v) is 11.4. The third-order valence-electron chi connectivity index (χ3n) is 4.60. The Morgan fingerprint density at radius 3 is 2.37 bits per heavy atom. The van der Waals surface area contributed by atoms with Crippen LogP contribution >= 0.6 is 27.7 Å². The zero-order valence-corrected chi connectivity index (χ0v) is 19.7. The molecule has 0 atom stereocenters. The molecule has 2 aromatic carbocycles. The number of nitrogens with zero attached hydrogens (tertiary/aromatic N) is 1. The van der Waals surface area contributed by atoms with E-state index in [1.807, 2.05) is 20.8 Å². The smallest absolute Gasteiger partial charge is 0.248 e. The quantitative estimate of drug-likeness (QED) is 0.515. The van der Waals surface area contributed by atoms with Gasteiger partial charge < -0.3 is 16.0 Å². The van der Waals surface area contributed by atoms with Crippen molar-refractivity contribution in [1.82, 2.24) is 4.90 Å². The van der Waals surface area contributed by atoms with Gasteiger partial charge in [-0.05, 0) is 68.3 Å². The second-order valence-corrected chi connectivity index (χ2v) is 8.74. The number of carbonyl (C=O) groups is 3. The van der Waals surface area contributed by atoms with Crippen LogP contribution in [0, 0.1) is 13.8 Å². The van der Waals surface area contributed by atoms with Gasteiger partial charge in [0.25, 0.3) is 0 Å². The van der Waals surface area contributed by atoms with Crippen molar-refractivity contribution >= 4 is 51.1 Å². The van der Waals surface area contributed by atoms with Gasteiger partial charge in [0.1, 0.15) is 0 Å². The lowest BCUT2D eigenvalue weighted by molar-refractivity contribution is -0.128. The van der Waals surface area contributed by atoms with Gasteiger partial charge >= 0.3 is 0 Å². The molecule has 2 rings (SSSR count). The van der Waals surface area contributed by atoms with E-state index in [9.17, 15) is 14.4 Å². The number of thioether (sulfide) groups is 1. The molecule has 0 saturated heterocycles. The largest absolute Gasteiger partial charge is 0.366 e. The maximum absolute atomic E-state index is 12.6. The van der Waals surface area contributed by atoms with E-state index in [1.165, 1.54) is 11.8 Å². The molecule has 160 valence electrons. The van der Waals surface area contributed by atoms with Crippen molar-refractivity contribution in [1.29, 1.82) is 0 Å². The van der Waals surface area contributed by atoms with Gasteiger partial charge in [-0.1, -0.05) is 15.9 Å². The van der Waals surface area contributed by atoms with Crippen LogP contribution in [0.3, 0.4) is 0 Å². The highest BCUT2D eigenvalue weighted by Crippen LogP contribution is 2.28. The third-order valence-corrected chi connectivity index (χ3v) is 6.60. The van der Waals surface area contributed by atoms with Crippen LogP contribution in [0.15, 0.2) is 45.8 Å². The van der Waals surface area contributed by atoms with E-state index in [0.717, 1.165) is 20.5 Å². The molecule has 0 aromatic heterocycles. The van der Waals surface area contributed by atoms with E-state index < -0.39 is 5.91 Å². The summed E-state index contributed by atoms with van der Waals surface area (Å²) in [5, 5.41) is 2.76. The molecule has 0 fully saturated rings. The summed E-state index contributed by atoms with van der Waals surface area (Å²) in [6.07, 6.45) is 0.193. The number of hydrogen-bond acceptors (Lipinski definition) is 4. The number of benzene rings is 2. The molecule has 0 saturated carbocycles. The third kappa shape index (κ3) is 6.88. The zero-order valence-electron chi connectivity index (χ0n) is 17.3. The number of nitrogens with one attached hydrogen (secondary N) is 1. The average Bonchev–Trinajstić information content (AvgIpc) is 2.70. The van der Waals surface area contributed by atoms with Gasteiger partial charge in [-0.15, -0.1) is 11.8 Å². The Hall–Kier alpha value is -2.32. The average molecular weight is 492 g/mol. The van der Waals surface area contributed by atoms with Crippen LogP contribution in [0.5, 0.6) is 0 Å². The van der Waals surface area contributed by atoms with E-state index in [2.05, 4.69) is 33.4 Å². The molecule has 0 heterocycles. The lowest BCUT2D eigenvalue weighted by Crippen LogP contribution is -2.34. The van der Waals surface area contributed by atoms with Crippen LogP contribution in [0.2, 0.25) is 0 Å². The van der Waals surface area contributed by atoms with E-state index >= 15 is 0 Å². The van der Waals surface area contributed by atoms with Gasteiger partial charge in [-0.3, -0.25) is 14.4 Å². The van der Waals surface area contributed by atoms with Gasteiger partial charge in [0, 0.05) is 40.1 Å². The van der Waals surface area contributed by atoms with Crippen LogP contribution in [0.4, 0.5) is 5.69 Å². The number of carbonyl (C=O) groups excluding carboxylic acids is 3. The van der Waals surface area contributed by atoms with Crippen LogP contribution in [-0.4, -0.2) is 41.5 Å². The number of hydrogen-bond donors (Lipinski definition) is 2. The van der Waals surface area contributed by atoms with Crippen LogP contribution in [0.1, 0.15) is 34.8 Å². The van der Waals surface area contributed by atoms with E-state index in [4.69, 9.17) is 5.73 Å². The predicted molar refractivity (Wildman–Crippen MR) is 125 cm³/mol. The molecule has 0 aliphatic carbocycles. The Morgan fingerprint density at radius 2 is 1.77 bits per heavy atom. The predicted octanol–water partition coefficient (Wildman–Crippen LogP) is 4.13. The van der Waals surface area contributed by atoms with Crippen molar-refractivity contribution in [3.8, 4) is 0 Å². The van der Waals surface area contributed by atoms with Crippen molar-refractivity contribution in [2.45, 2.75) is 32.1 Å². The van der Waals surface area contributed by atoms with Crippen molar-refractivity contribution in [3.05, 3.63) is 57.6 Å². The van der Waals surface area contributed by atoms with Crippen molar-refractivity contribution < 1.29 is 14.4 Å². The molecule has 0 aliphatic rings. The summed E-state index contributed by atoms with van der Waals surface area (Å²) in [6, 6.07) is 10.5. The Bertz CT molecular complexity index is 932. The summed E-state index contributed by atoms with van der Waals surface area (Å²) in [4.78, 5) is 38.7. The molecule has 3 N–H and O–H groups in total. The molecule has 2 aromatic rings. The molecule has 6 nitrogen and oxygen atoms in total. The zero-order chi connectivity index (χ0) is 22.3. The van der Waals surface area contributed by atoms with Gasteiger partial charge in [-0.25, -0.2) is 0 Å². The van der Waals surface area contributed by atoms with E-state index in [1.54, 1.807) is 29.2 Å². The minimum atomic E-state index is -0.517. The minimum absolute atomic E-state index is 0.00100. The Kier molecular flexibility index (Phi) is 8.92. The first kappa shape index (κ1) is 24.0. The SMILES string of the molecule is CCN(CCC(=O)Nc1ccc(C(N)=O)cc1)C(=O)CSc1cc(C)c(Br)cc1C. The van der Waals surface area contributed by atoms with Gasteiger partial charge in [0.2, 0.25) is 17.7 Å². The van der Waals surface area contributed by atoms with Crippen molar-refractivity contribution in [3.63, 3.8) is 0 Å². The van der Waals surface area contributed by atoms with Crippen molar-refractivity contribution in [2.24, 2.45) is 5.73 Å². The Balaban J connectivity index is 1.85. The van der Waals surface area contributed by atoms with Gasteiger partial charge in [-0.2, -0.15) is 0 Å². The fourth-order valence-corrected chi connectivity index (χ4v) is 4.24. The highest BCUT2D eigenvalue weighted by atomic mass is 79.9. The molecule has 3 amide bonds. The first-order chi connectivity index (χ1) is 14.2. The van der Waals surface area contributed by atoms with Crippen molar-refractivity contribution in [2.75, 3.05) is 24.2 Å². The summed E-state index contributed by atoms with van der Waals surface area (Å²) in [5.41, 5.74) is 8.41. The topological polar surface area (TPSA) is 92.5 Å². The fraction of sp³-hybridized carbons (Fsp3) is 0.318. The summed E-state index contributed by atoms with van der Waals surface area (Å²) in [5.74, 6) is -0.385. The first-order valence-electron chi connectivity index (χ1n) is 9.58. The maximum Gasteiger partial charge on any atom is 0.248 e. The summed E-state index contributed by atoms with van der Waals surface area (Å²) >= 11 is 5.03. The molecule has 0 bridgehead atoms. The molecule has 8 heteroatoms. The van der Waals surface area contributed by atoms with E-state index in [0.29, 0.717) is 30.1 Å². The lowest BCUT2D eigenvalue weighted by atomic mass is 10.2. The number of rotatable bonds is 9. The standard InChI is InChI=1S/C22H26BrN3O3S/c1-4-26(21(28)13-30-19-12-14(2)18(23)11-15(19)3)10-9-20(27)25-17-7-5-16(6-8-17)22(24)29/h5-8,11-12H,4,9-10,13H2,1-3H3,(H2,24,29)(H,25,27). The number of anilines is 1. The lowest BCUT2D eigenvalue weighted by Gasteiger charge is -2.21. The van der Waals surface area contributed by atoms with Crippen LogP contribution in [0.25, 0.3) is 0 Å². The summed E-state index contributed by atoms with van der Waals surface area (Å²) in [6.45, 7) is 6.83. The number of aryl methyl sites for hydroxylation is 2. The normalized spacial score (nSPS) is 10.5. The fourth-order valence-electron chi connectivity index (χ4n) is 2.78. The molecule has 0 spiro atoms. The molecule has 0 unspecified atom stereocenters. The number of halogens is 1. The van der Waals surface area contributed by atoms with Crippen LogP contribution in [-0.2, 0) is 9.59 Å².